The molecule has 10 rings (SSSR count). The minimum absolute atomic E-state index is 0.134. The highest BCUT2D eigenvalue weighted by atomic mass is 32.1. The van der Waals surface area contributed by atoms with E-state index in [-0.39, 0.29) is 10.8 Å². The van der Waals surface area contributed by atoms with Crippen molar-refractivity contribution < 1.29 is 0 Å². The first-order valence-corrected chi connectivity index (χ1v) is 18.7. The molecule has 0 saturated heterocycles. The van der Waals surface area contributed by atoms with E-state index in [1.165, 1.54) is 84.7 Å². The molecule has 236 valence electrons. The number of fused-ring (bicyclic) bond motifs is 12. The van der Waals surface area contributed by atoms with Crippen molar-refractivity contribution >= 4 is 90.9 Å². The summed E-state index contributed by atoms with van der Waals surface area (Å²) in [6, 6.07) is 52.0. The molecule has 49 heavy (non-hydrogen) atoms. The fourth-order valence-corrected chi connectivity index (χ4v) is 10.7. The molecule has 7 aromatic carbocycles. The molecule has 0 atom stereocenters. The molecule has 1 aliphatic carbocycles. The van der Waals surface area contributed by atoms with E-state index < -0.39 is 0 Å². The second-order valence-corrected chi connectivity index (χ2v) is 16.7. The Morgan fingerprint density at radius 2 is 1.04 bits per heavy atom. The maximum Gasteiger partial charge on any atom is 0.0468 e. The molecule has 0 aliphatic heterocycles. The lowest BCUT2D eigenvalue weighted by atomic mass is 9.55. The Morgan fingerprint density at radius 1 is 0.429 bits per heavy atom. The Balaban J connectivity index is 1.22. The summed E-state index contributed by atoms with van der Waals surface area (Å²) < 4.78 is 5.40. The average Bonchev–Trinajstić information content (AvgIpc) is 3.70. The SMILES string of the molecule is CC1(C)c2cc(N(c3ccccc3)c3ccc4sc5ccccc5c4c3)ccc2-c2ccc3sc4ccc5ccccc5c4c3c2C1(C)C. The predicted molar refractivity (Wildman–Crippen MR) is 216 cm³/mol. The lowest BCUT2D eigenvalue weighted by molar-refractivity contribution is 0.301. The Kier molecular flexibility index (Phi) is 6.08. The molecule has 0 amide bonds. The van der Waals surface area contributed by atoms with E-state index in [2.05, 4.69) is 172 Å². The summed E-state index contributed by atoms with van der Waals surface area (Å²) >= 11 is 3.80. The number of nitrogens with zero attached hydrogens (tertiary/aromatic N) is 1. The number of anilines is 3. The van der Waals surface area contributed by atoms with Crippen LogP contribution < -0.4 is 4.90 Å². The van der Waals surface area contributed by atoms with Gasteiger partial charge in [-0.2, -0.15) is 0 Å². The van der Waals surface area contributed by atoms with Crippen molar-refractivity contribution in [1.82, 2.24) is 0 Å². The molecule has 3 heteroatoms. The van der Waals surface area contributed by atoms with Crippen LogP contribution in [-0.4, -0.2) is 0 Å². The van der Waals surface area contributed by atoms with Crippen LogP contribution in [0.1, 0.15) is 38.8 Å². The van der Waals surface area contributed by atoms with Crippen LogP contribution >= 0.6 is 22.7 Å². The summed E-state index contributed by atoms with van der Waals surface area (Å²) in [6.45, 7) is 9.86. The van der Waals surface area contributed by atoms with Crippen LogP contribution in [0.5, 0.6) is 0 Å². The first kappa shape index (κ1) is 29.0. The van der Waals surface area contributed by atoms with Crippen LogP contribution in [0.25, 0.3) is 62.2 Å². The Bertz CT molecular complexity index is 2780. The van der Waals surface area contributed by atoms with Gasteiger partial charge in [0.25, 0.3) is 0 Å². The Hall–Kier alpha value is -4.96. The zero-order valence-corrected chi connectivity index (χ0v) is 29.7. The number of hydrogen-bond acceptors (Lipinski definition) is 3. The van der Waals surface area contributed by atoms with Gasteiger partial charge < -0.3 is 4.90 Å². The molecule has 2 aromatic heterocycles. The molecular formula is C46H35NS2. The topological polar surface area (TPSA) is 3.24 Å². The van der Waals surface area contributed by atoms with E-state index in [1.54, 1.807) is 0 Å². The van der Waals surface area contributed by atoms with E-state index >= 15 is 0 Å². The Labute approximate surface area is 294 Å². The monoisotopic (exact) mass is 665 g/mol. The number of rotatable bonds is 3. The van der Waals surface area contributed by atoms with Gasteiger partial charge in [-0.05, 0) is 99.1 Å². The predicted octanol–water partition coefficient (Wildman–Crippen LogP) is 14.3. The summed E-state index contributed by atoms with van der Waals surface area (Å²) in [7, 11) is 0. The van der Waals surface area contributed by atoms with Crippen molar-refractivity contribution in [1.29, 1.82) is 0 Å². The van der Waals surface area contributed by atoms with Crippen LogP contribution in [0.15, 0.2) is 140 Å². The summed E-state index contributed by atoms with van der Waals surface area (Å²) in [5.41, 5.74) is 8.83. The van der Waals surface area contributed by atoms with Gasteiger partial charge in [-0.3, -0.25) is 0 Å². The molecule has 0 fully saturated rings. The minimum Gasteiger partial charge on any atom is -0.310 e. The lowest BCUT2D eigenvalue weighted by Crippen LogP contribution is -2.43. The molecule has 0 spiro atoms. The molecule has 9 aromatic rings. The summed E-state index contributed by atoms with van der Waals surface area (Å²) in [6.07, 6.45) is 0. The smallest absolute Gasteiger partial charge is 0.0468 e. The molecule has 0 unspecified atom stereocenters. The molecule has 0 N–H and O–H groups in total. The minimum atomic E-state index is -0.145. The second kappa shape index (κ2) is 10.3. The zero-order chi connectivity index (χ0) is 33.1. The van der Waals surface area contributed by atoms with Gasteiger partial charge in [0.15, 0.2) is 0 Å². The number of para-hydroxylation sites is 1. The van der Waals surface area contributed by atoms with Crippen molar-refractivity contribution in [3.05, 3.63) is 151 Å². The van der Waals surface area contributed by atoms with Gasteiger partial charge in [-0.25, -0.2) is 0 Å². The van der Waals surface area contributed by atoms with Crippen LogP contribution in [0.4, 0.5) is 17.1 Å². The van der Waals surface area contributed by atoms with Crippen molar-refractivity contribution in [3.63, 3.8) is 0 Å². The van der Waals surface area contributed by atoms with Crippen molar-refractivity contribution in [2.24, 2.45) is 0 Å². The molecular weight excluding hydrogens is 631 g/mol. The third-order valence-electron chi connectivity index (χ3n) is 11.6. The summed E-state index contributed by atoms with van der Waals surface area (Å²) in [5.74, 6) is 0. The van der Waals surface area contributed by atoms with Gasteiger partial charge in [0, 0.05) is 62.8 Å². The maximum atomic E-state index is 2.48. The molecule has 2 heterocycles. The standard InChI is InChI=1S/C46H35NS2/c1-45(2)37-27-31(47(29-13-6-5-7-14-29)30-20-24-39-36(26-30)34-16-10-11-17-38(34)48-39)19-21-33(37)35-22-25-41-43(44(35)46(45,3)4)42-32-15-9-8-12-28(32)18-23-40(42)49-41/h5-27H,1-4H3. The van der Waals surface area contributed by atoms with Crippen LogP contribution in [0.3, 0.4) is 0 Å². The quantitative estimate of drug-likeness (QED) is 0.182. The van der Waals surface area contributed by atoms with Gasteiger partial charge in [-0.1, -0.05) is 107 Å². The number of benzene rings is 7. The van der Waals surface area contributed by atoms with Crippen LogP contribution in [0, 0.1) is 0 Å². The fourth-order valence-electron chi connectivity index (χ4n) is 8.45. The van der Waals surface area contributed by atoms with E-state index in [4.69, 9.17) is 0 Å². The second-order valence-electron chi connectivity index (χ2n) is 14.6. The Morgan fingerprint density at radius 3 is 1.90 bits per heavy atom. The van der Waals surface area contributed by atoms with Gasteiger partial charge in [-0.15, -0.1) is 22.7 Å². The first-order valence-electron chi connectivity index (χ1n) is 17.1. The van der Waals surface area contributed by atoms with Gasteiger partial charge in [0.05, 0.1) is 0 Å². The highest BCUT2D eigenvalue weighted by Crippen LogP contribution is 2.58. The van der Waals surface area contributed by atoms with Crippen LogP contribution in [-0.2, 0) is 10.8 Å². The average molecular weight is 666 g/mol. The van der Waals surface area contributed by atoms with E-state index in [9.17, 15) is 0 Å². The maximum absolute atomic E-state index is 2.48. The normalized spacial score (nSPS) is 14.9. The first-order chi connectivity index (χ1) is 23.8. The van der Waals surface area contributed by atoms with Crippen LogP contribution in [0.2, 0.25) is 0 Å². The number of hydrogen-bond donors (Lipinski definition) is 0. The van der Waals surface area contributed by atoms with E-state index in [0.717, 1.165) is 5.69 Å². The number of thiophene rings is 2. The highest BCUT2D eigenvalue weighted by molar-refractivity contribution is 7.26. The molecule has 0 saturated carbocycles. The van der Waals surface area contributed by atoms with Crippen molar-refractivity contribution in [2.75, 3.05) is 4.90 Å². The largest absolute Gasteiger partial charge is 0.310 e. The van der Waals surface area contributed by atoms with E-state index in [1.807, 2.05) is 22.7 Å². The lowest BCUT2D eigenvalue weighted by Gasteiger charge is -2.49. The molecule has 0 bridgehead atoms. The molecule has 1 aliphatic rings. The highest BCUT2D eigenvalue weighted by Gasteiger charge is 2.47. The summed E-state index contributed by atoms with van der Waals surface area (Å²) in [4.78, 5) is 2.44. The molecule has 1 nitrogen and oxygen atoms in total. The zero-order valence-electron chi connectivity index (χ0n) is 28.0. The van der Waals surface area contributed by atoms with E-state index in [0.29, 0.717) is 0 Å². The van der Waals surface area contributed by atoms with Gasteiger partial charge >= 0.3 is 0 Å². The third-order valence-corrected chi connectivity index (χ3v) is 13.8. The molecule has 0 radical (unpaired) electrons. The van der Waals surface area contributed by atoms with Gasteiger partial charge in [0.1, 0.15) is 0 Å². The third kappa shape index (κ3) is 4.03. The van der Waals surface area contributed by atoms with Gasteiger partial charge in [0.2, 0.25) is 0 Å². The fraction of sp³-hybridized carbons (Fsp3) is 0.130. The van der Waals surface area contributed by atoms with Crippen molar-refractivity contribution in [3.8, 4) is 11.1 Å². The summed E-state index contributed by atoms with van der Waals surface area (Å²) in [5, 5.41) is 8.13. The van der Waals surface area contributed by atoms with Crippen molar-refractivity contribution in [2.45, 2.75) is 38.5 Å².